The molecule has 0 saturated heterocycles. The van der Waals surface area contributed by atoms with Crippen molar-refractivity contribution < 1.29 is 9.21 Å². The Morgan fingerprint density at radius 2 is 2.33 bits per heavy atom. The van der Waals surface area contributed by atoms with Crippen molar-refractivity contribution in [3.63, 3.8) is 0 Å². The Balaban J connectivity index is 1.63. The molecule has 1 amide bonds. The summed E-state index contributed by atoms with van der Waals surface area (Å²) in [5.41, 5.74) is -0.136. The van der Waals surface area contributed by atoms with Gasteiger partial charge in [-0.25, -0.2) is 9.97 Å². The van der Waals surface area contributed by atoms with E-state index >= 15 is 0 Å². The third-order valence-corrected chi connectivity index (χ3v) is 6.25. The number of rotatable bonds is 6. The smallest absolute Gasteiger partial charge is 0.263 e. The molecule has 0 aliphatic carbocycles. The molecule has 0 atom stereocenters. The van der Waals surface area contributed by atoms with Crippen molar-refractivity contribution in [2.24, 2.45) is 0 Å². The number of fused-ring (bicyclic) bond motifs is 1. The Kier molecular flexibility index (Phi) is 5.10. The van der Waals surface area contributed by atoms with E-state index in [0.29, 0.717) is 26.3 Å². The molecule has 0 aromatic carbocycles. The number of carbonyl (C=O) groups excluding carboxylic acids is 1. The van der Waals surface area contributed by atoms with Crippen LogP contribution in [0.2, 0.25) is 0 Å². The Morgan fingerprint density at radius 1 is 1.44 bits per heavy atom. The normalized spacial score (nSPS) is 11.1. The van der Waals surface area contributed by atoms with Crippen LogP contribution < -0.4 is 10.9 Å². The summed E-state index contributed by atoms with van der Waals surface area (Å²) < 4.78 is 6.93. The van der Waals surface area contributed by atoms with Crippen molar-refractivity contribution in [2.75, 3.05) is 11.1 Å². The van der Waals surface area contributed by atoms with Crippen LogP contribution in [0.4, 0.5) is 5.13 Å². The molecule has 0 aliphatic heterocycles. The van der Waals surface area contributed by atoms with Crippen molar-refractivity contribution in [2.45, 2.75) is 18.6 Å². The number of aromatic nitrogens is 3. The van der Waals surface area contributed by atoms with E-state index in [9.17, 15) is 9.59 Å². The molecule has 27 heavy (non-hydrogen) atoms. The molecule has 4 heterocycles. The fourth-order valence-electron chi connectivity index (χ4n) is 2.50. The Hall–Kier alpha value is -2.43. The van der Waals surface area contributed by atoms with Gasteiger partial charge in [-0.05, 0) is 25.1 Å². The van der Waals surface area contributed by atoms with Gasteiger partial charge in [-0.2, -0.15) is 0 Å². The van der Waals surface area contributed by atoms with Crippen molar-refractivity contribution in [1.29, 1.82) is 0 Å². The quantitative estimate of drug-likeness (QED) is 0.380. The first kappa shape index (κ1) is 18.0. The number of hydrogen-bond donors (Lipinski definition) is 1. The zero-order chi connectivity index (χ0) is 18.8. The van der Waals surface area contributed by atoms with Crippen molar-refractivity contribution in [3.8, 4) is 0 Å². The van der Waals surface area contributed by atoms with Crippen molar-refractivity contribution in [3.05, 3.63) is 57.0 Å². The van der Waals surface area contributed by atoms with Gasteiger partial charge in [-0.1, -0.05) is 11.8 Å². The van der Waals surface area contributed by atoms with E-state index in [1.54, 1.807) is 34.5 Å². The second-order valence-electron chi connectivity index (χ2n) is 5.62. The second-order valence-corrected chi connectivity index (χ2v) is 8.69. The fraction of sp³-hybridized carbons (Fsp3) is 0.176. The molecule has 0 bridgehead atoms. The number of amides is 1. The molecule has 4 rings (SSSR count). The number of thioether (sulfide) groups is 1. The van der Waals surface area contributed by atoms with Gasteiger partial charge >= 0.3 is 0 Å². The number of nitrogens with one attached hydrogen (secondary N) is 1. The molecular weight excluding hydrogens is 404 g/mol. The number of furan rings is 1. The number of anilines is 1. The minimum absolute atomic E-state index is 0.125. The lowest BCUT2D eigenvalue weighted by Gasteiger charge is -2.10. The molecule has 0 unspecified atom stereocenters. The zero-order valence-corrected chi connectivity index (χ0v) is 16.6. The molecule has 0 fully saturated rings. The van der Waals surface area contributed by atoms with E-state index < -0.39 is 0 Å². The van der Waals surface area contributed by atoms with Gasteiger partial charge in [-0.3, -0.25) is 14.2 Å². The van der Waals surface area contributed by atoms with Gasteiger partial charge in [-0.15, -0.1) is 22.7 Å². The summed E-state index contributed by atoms with van der Waals surface area (Å²) in [4.78, 5) is 35.5. The van der Waals surface area contributed by atoms with Gasteiger partial charge in [0.1, 0.15) is 10.6 Å². The van der Waals surface area contributed by atoms with Crippen LogP contribution in [-0.4, -0.2) is 26.2 Å². The number of carbonyl (C=O) groups is 1. The van der Waals surface area contributed by atoms with Gasteiger partial charge in [0.25, 0.3) is 5.56 Å². The van der Waals surface area contributed by atoms with Crippen LogP contribution >= 0.6 is 34.4 Å². The van der Waals surface area contributed by atoms with E-state index in [4.69, 9.17) is 4.42 Å². The number of nitrogens with zero attached hydrogens (tertiary/aromatic N) is 3. The predicted molar refractivity (Wildman–Crippen MR) is 108 cm³/mol. The summed E-state index contributed by atoms with van der Waals surface area (Å²) in [7, 11) is 0. The van der Waals surface area contributed by atoms with Crippen LogP contribution in [0, 0.1) is 6.92 Å². The monoisotopic (exact) mass is 418 g/mol. The molecule has 0 saturated carbocycles. The van der Waals surface area contributed by atoms with E-state index in [1.165, 1.54) is 34.4 Å². The van der Waals surface area contributed by atoms with E-state index in [0.717, 1.165) is 4.88 Å². The van der Waals surface area contributed by atoms with Crippen LogP contribution in [0.25, 0.3) is 10.2 Å². The van der Waals surface area contributed by atoms with Crippen LogP contribution in [-0.2, 0) is 11.3 Å². The molecule has 4 aromatic rings. The Bertz CT molecular complexity index is 1130. The Labute approximate surface area is 166 Å². The molecule has 0 spiro atoms. The van der Waals surface area contributed by atoms with E-state index in [-0.39, 0.29) is 23.8 Å². The maximum Gasteiger partial charge on any atom is 0.263 e. The van der Waals surface area contributed by atoms with Crippen LogP contribution in [0.15, 0.2) is 50.4 Å². The summed E-state index contributed by atoms with van der Waals surface area (Å²) in [5.74, 6) is 0.579. The van der Waals surface area contributed by atoms with E-state index in [1.807, 2.05) is 13.0 Å². The first-order valence-electron chi connectivity index (χ1n) is 7.95. The lowest BCUT2D eigenvalue weighted by molar-refractivity contribution is -0.113. The molecular formula is C17H14N4O3S3. The van der Waals surface area contributed by atoms with Gasteiger partial charge in [0.15, 0.2) is 10.3 Å². The minimum Gasteiger partial charge on any atom is -0.467 e. The zero-order valence-electron chi connectivity index (χ0n) is 14.2. The third-order valence-electron chi connectivity index (χ3n) is 3.64. The molecule has 10 heteroatoms. The number of thiazole rings is 1. The van der Waals surface area contributed by atoms with E-state index in [2.05, 4.69) is 15.3 Å². The number of aryl methyl sites for hydroxylation is 1. The molecule has 0 radical (unpaired) electrons. The third kappa shape index (κ3) is 3.97. The van der Waals surface area contributed by atoms with Crippen LogP contribution in [0.3, 0.4) is 0 Å². The molecule has 4 aromatic heterocycles. The highest BCUT2D eigenvalue weighted by atomic mass is 32.2. The summed E-state index contributed by atoms with van der Waals surface area (Å²) in [6, 6.07) is 5.42. The SMILES string of the molecule is Cc1cc2c(=O)n(Cc3ccco3)c(SCC(=O)Nc3nccs3)nc2s1. The number of thiophene rings is 1. The first-order chi connectivity index (χ1) is 13.1. The predicted octanol–water partition coefficient (Wildman–Crippen LogP) is 3.60. The second kappa shape index (κ2) is 7.67. The number of hydrogen-bond acceptors (Lipinski definition) is 8. The first-order valence-corrected chi connectivity index (χ1v) is 10.6. The van der Waals surface area contributed by atoms with Crippen molar-refractivity contribution >= 4 is 55.7 Å². The van der Waals surface area contributed by atoms with Crippen molar-refractivity contribution in [1.82, 2.24) is 14.5 Å². The summed E-state index contributed by atoms with van der Waals surface area (Å²) >= 11 is 4.04. The average Bonchev–Trinajstić information content (AvgIpc) is 3.38. The largest absolute Gasteiger partial charge is 0.467 e. The maximum atomic E-state index is 13.0. The maximum absolute atomic E-state index is 13.0. The van der Waals surface area contributed by atoms with Gasteiger partial charge in [0.05, 0.1) is 23.9 Å². The molecule has 1 N–H and O–H groups in total. The fourth-order valence-corrected chi connectivity index (χ4v) is 4.76. The van der Waals surface area contributed by atoms with Crippen LogP contribution in [0.1, 0.15) is 10.6 Å². The standard InChI is InChI=1S/C17H14N4O3S3/c1-10-7-12-14(27-10)20-17(21(15(12)23)8-11-3-2-5-24-11)26-9-13(22)19-16-18-4-6-25-16/h2-7H,8-9H2,1H3,(H,18,19,22). The average molecular weight is 419 g/mol. The van der Waals surface area contributed by atoms with Gasteiger partial charge in [0.2, 0.25) is 5.91 Å². The van der Waals surface area contributed by atoms with Gasteiger partial charge < -0.3 is 9.73 Å². The minimum atomic E-state index is -0.198. The molecule has 0 aliphatic rings. The highest BCUT2D eigenvalue weighted by Crippen LogP contribution is 2.25. The lowest BCUT2D eigenvalue weighted by Crippen LogP contribution is -2.24. The Morgan fingerprint density at radius 3 is 3.07 bits per heavy atom. The van der Waals surface area contributed by atoms with Gasteiger partial charge in [0, 0.05) is 16.5 Å². The molecule has 138 valence electrons. The topological polar surface area (TPSA) is 90.0 Å². The summed E-state index contributed by atoms with van der Waals surface area (Å²) in [6.07, 6.45) is 3.19. The van der Waals surface area contributed by atoms with Crippen LogP contribution in [0.5, 0.6) is 0 Å². The highest BCUT2D eigenvalue weighted by Gasteiger charge is 2.16. The summed E-state index contributed by atoms with van der Waals surface area (Å²) in [5, 5.41) is 6.14. The lowest BCUT2D eigenvalue weighted by atomic mass is 10.3. The molecule has 7 nitrogen and oxygen atoms in total. The summed E-state index contributed by atoms with van der Waals surface area (Å²) in [6.45, 7) is 2.21. The highest BCUT2D eigenvalue weighted by molar-refractivity contribution is 7.99.